The fraction of sp³-hybridized carbons (Fsp3) is 0.643. The summed E-state index contributed by atoms with van der Waals surface area (Å²) in [6.45, 7) is 10.4. The molecule has 1 fully saturated rings. The molecule has 1 aromatic rings. The molecule has 17 heavy (non-hydrogen) atoms. The highest BCUT2D eigenvalue weighted by atomic mass is 16.5. The lowest BCUT2D eigenvalue weighted by Gasteiger charge is -2.36. The van der Waals surface area contributed by atoms with E-state index in [0.717, 1.165) is 25.3 Å². The third-order valence-electron chi connectivity index (χ3n) is 3.33. The fourth-order valence-electron chi connectivity index (χ4n) is 2.48. The maximum Gasteiger partial charge on any atom is 0.128 e. The summed E-state index contributed by atoms with van der Waals surface area (Å²) >= 11 is 0. The van der Waals surface area contributed by atoms with E-state index in [4.69, 9.17) is 4.74 Å². The number of morpholine rings is 1. The summed E-state index contributed by atoms with van der Waals surface area (Å²) in [5.74, 6) is 1.08. The molecule has 0 saturated carbocycles. The Balaban J connectivity index is 2.19. The molecule has 2 rings (SSSR count). The Morgan fingerprint density at radius 2 is 2.00 bits per heavy atom. The van der Waals surface area contributed by atoms with Crippen molar-refractivity contribution in [3.8, 4) is 0 Å². The van der Waals surface area contributed by atoms with Crippen LogP contribution in [0.4, 0.5) is 5.82 Å². The highest BCUT2D eigenvalue weighted by Crippen LogP contribution is 2.20. The molecule has 3 nitrogen and oxygen atoms in total. The Hall–Kier alpha value is -1.09. The quantitative estimate of drug-likeness (QED) is 0.786. The van der Waals surface area contributed by atoms with Crippen molar-refractivity contribution >= 4 is 5.82 Å². The van der Waals surface area contributed by atoms with Crippen LogP contribution in [0.3, 0.4) is 0 Å². The van der Waals surface area contributed by atoms with Crippen molar-refractivity contribution in [2.24, 2.45) is 0 Å². The molecule has 3 heteroatoms. The highest BCUT2D eigenvalue weighted by Gasteiger charge is 2.23. The summed E-state index contributed by atoms with van der Waals surface area (Å²) < 4.78 is 5.74. The van der Waals surface area contributed by atoms with E-state index in [0.29, 0.717) is 0 Å². The molecule has 0 aliphatic carbocycles. The molecule has 0 aromatic carbocycles. The van der Waals surface area contributed by atoms with E-state index in [9.17, 15) is 0 Å². The van der Waals surface area contributed by atoms with Gasteiger partial charge in [0.2, 0.25) is 0 Å². The van der Waals surface area contributed by atoms with Gasteiger partial charge in [0, 0.05) is 19.3 Å². The van der Waals surface area contributed by atoms with Crippen LogP contribution in [-0.4, -0.2) is 30.3 Å². The van der Waals surface area contributed by atoms with Crippen molar-refractivity contribution in [3.63, 3.8) is 0 Å². The molecule has 1 aliphatic heterocycles. The zero-order valence-corrected chi connectivity index (χ0v) is 11.2. The fourth-order valence-corrected chi connectivity index (χ4v) is 2.48. The minimum atomic E-state index is 0.284. The van der Waals surface area contributed by atoms with Crippen LogP contribution in [0.1, 0.15) is 31.9 Å². The van der Waals surface area contributed by atoms with Crippen LogP contribution in [0.2, 0.25) is 0 Å². The Kier molecular flexibility index (Phi) is 3.67. The third kappa shape index (κ3) is 2.78. The molecule has 0 N–H and O–H groups in total. The van der Waals surface area contributed by atoms with Crippen molar-refractivity contribution in [2.75, 3.05) is 18.0 Å². The van der Waals surface area contributed by atoms with Crippen LogP contribution in [-0.2, 0) is 11.2 Å². The number of hydrogen-bond acceptors (Lipinski definition) is 3. The highest BCUT2D eigenvalue weighted by molar-refractivity contribution is 5.44. The van der Waals surface area contributed by atoms with Gasteiger partial charge in [-0.15, -0.1) is 0 Å². The second-order valence-corrected chi connectivity index (χ2v) is 4.98. The first-order valence-corrected chi connectivity index (χ1v) is 6.46. The summed E-state index contributed by atoms with van der Waals surface area (Å²) in [7, 11) is 0. The molecule has 94 valence electrons. The largest absolute Gasteiger partial charge is 0.372 e. The van der Waals surface area contributed by atoms with Gasteiger partial charge in [-0.2, -0.15) is 0 Å². The average Bonchev–Trinajstić information content (AvgIpc) is 2.27. The van der Waals surface area contributed by atoms with Gasteiger partial charge in [0.15, 0.2) is 0 Å². The van der Waals surface area contributed by atoms with Crippen molar-refractivity contribution in [3.05, 3.63) is 23.4 Å². The van der Waals surface area contributed by atoms with Crippen molar-refractivity contribution in [1.29, 1.82) is 0 Å². The normalized spacial score (nSPS) is 25.1. The monoisotopic (exact) mass is 234 g/mol. The van der Waals surface area contributed by atoms with E-state index < -0.39 is 0 Å². The number of ether oxygens (including phenoxy) is 1. The number of hydrogen-bond donors (Lipinski definition) is 0. The Morgan fingerprint density at radius 1 is 1.35 bits per heavy atom. The molecule has 1 saturated heterocycles. The maximum atomic E-state index is 5.74. The summed E-state index contributed by atoms with van der Waals surface area (Å²) in [6, 6.07) is 2.20. The van der Waals surface area contributed by atoms with E-state index in [1.54, 1.807) is 0 Å². The first-order valence-electron chi connectivity index (χ1n) is 6.46. The molecule has 0 amide bonds. The zero-order valence-electron chi connectivity index (χ0n) is 11.2. The van der Waals surface area contributed by atoms with Crippen LogP contribution in [0, 0.1) is 6.92 Å². The van der Waals surface area contributed by atoms with Crippen LogP contribution < -0.4 is 4.90 Å². The standard InChI is InChI=1S/C14H22N2O/c1-5-13-7-15-14(6-10(13)2)16-8-11(3)17-12(4)9-16/h6-7,11-12H,5,8-9H2,1-4H3. The summed E-state index contributed by atoms with van der Waals surface area (Å²) in [4.78, 5) is 6.90. The lowest BCUT2D eigenvalue weighted by atomic mass is 10.1. The smallest absolute Gasteiger partial charge is 0.128 e. The molecular weight excluding hydrogens is 212 g/mol. The van der Waals surface area contributed by atoms with Gasteiger partial charge < -0.3 is 9.64 Å². The predicted octanol–water partition coefficient (Wildman–Crippen LogP) is 2.57. The summed E-state index contributed by atoms with van der Waals surface area (Å²) in [6.07, 6.45) is 3.63. The second-order valence-electron chi connectivity index (χ2n) is 4.98. The molecular formula is C14H22N2O. The SMILES string of the molecule is CCc1cnc(N2CC(C)OC(C)C2)cc1C. The number of aryl methyl sites for hydroxylation is 2. The van der Waals surface area contributed by atoms with Gasteiger partial charge in [0.05, 0.1) is 12.2 Å². The zero-order chi connectivity index (χ0) is 12.4. The Morgan fingerprint density at radius 3 is 2.53 bits per heavy atom. The van der Waals surface area contributed by atoms with Crippen molar-refractivity contribution in [2.45, 2.75) is 46.3 Å². The van der Waals surface area contributed by atoms with Gasteiger partial charge in [-0.05, 0) is 44.4 Å². The molecule has 0 radical (unpaired) electrons. The van der Waals surface area contributed by atoms with Gasteiger partial charge in [-0.1, -0.05) is 6.92 Å². The molecule has 2 atom stereocenters. The first kappa shape index (κ1) is 12.4. The number of anilines is 1. The minimum absolute atomic E-state index is 0.284. The molecule has 0 bridgehead atoms. The van der Waals surface area contributed by atoms with E-state index in [2.05, 4.69) is 43.6 Å². The van der Waals surface area contributed by atoms with Crippen LogP contribution in [0.15, 0.2) is 12.3 Å². The van der Waals surface area contributed by atoms with Gasteiger partial charge >= 0.3 is 0 Å². The van der Waals surface area contributed by atoms with E-state index in [1.807, 2.05) is 6.20 Å². The number of pyridine rings is 1. The molecule has 1 aliphatic rings. The van der Waals surface area contributed by atoms with Gasteiger partial charge in [0.25, 0.3) is 0 Å². The second kappa shape index (κ2) is 5.05. The average molecular weight is 234 g/mol. The number of aromatic nitrogens is 1. The molecule has 2 heterocycles. The van der Waals surface area contributed by atoms with E-state index in [1.165, 1.54) is 11.1 Å². The van der Waals surface area contributed by atoms with Gasteiger partial charge in [-0.3, -0.25) is 0 Å². The van der Waals surface area contributed by atoms with Crippen molar-refractivity contribution in [1.82, 2.24) is 4.98 Å². The summed E-state index contributed by atoms with van der Waals surface area (Å²) in [5, 5.41) is 0. The van der Waals surface area contributed by atoms with Gasteiger partial charge in [0.1, 0.15) is 5.82 Å². The van der Waals surface area contributed by atoms with E-state index >= 15 is 0 Å². The van der Waals surface area contributed by atoms with Crippen LogP contribution in [0.5, 0.6) is 0 Å². The Bertz CT molecular complexity index is 382. The molecule has 2 unspecified atom stereocenters. The van der Waals surface area contributed by atoms with Crippen LogP contribution >= 0.6 is 0 Å². The molecule has 1 aromatic heterocycles. The third-order valence-corrected chi connectivity index (χ3v) is 3.33. The maximum absolute atomic E-state index is 5.74. The van der Waals surface area contributed by atoms with E-state index in [-0.39, 0.29) is 12.2 Å². The lowest BCUT2D eigenvalue weighted by Crippen LogP contribution is -2.45. The summed E-state index contributed by atoms with van der Waals surface area (Å²) in [5.41, 5.74) is 2.67. The predicted molar refractivity (Wildman–Crippen MR) is 70.6 cm³/mol. The lowest BCUT2D eigenvalue weighted by molar-refractivity contribution is -0.00546. The van der Waals surface area contributed by atoms with Crippen molar-refractivity contribution < 1.29 is 4.74 Å². The van der Waals surface area contributed by atoms with Gasteiger partial charge in [-0.25, -0.2) is 4.98 Å². The molecule has 0 spiro atoms. The number of nitrogens with zero attached hydrogens (tertiary/aromatic N) is 2. The minimum Gasteiger partial charge on any atom is -0.372 e. The van der Waals surface area contributed by atoms with Crippen LogP contribution in [0.25, 0.3) is 0 Å². The Labute approximate surface area is 104 Å². The number of rotatable bonds is 2. The topological polar surface area (TPSA) is 25.4 Å². The first-order chi connectivity index (χ1) is 8.10.